The molecule has 0 saturated carbocycles. The molecule has 0 saturated heterocycles. The second kappa shape index (κ2) is 7.32. The molecule has 0 aliphatic heterocycles. The molecule has 6 heteroatoms. The Bertz CT molecular complexity index is 364. The molecule has 5 nitrogen and oxygen atoms in total. The van der Waals surface area contributed by atoms with Crippen molar-refractivity contribution in [2.24, 2.45) is 0 Å². The van der Waals surface area contributed by atoms with Crippen LogP contribution in [0.4, 0.5) is 0 Å². The smallest absolute Gasteiger partial charge is 0.238 e. The maximum absolute atomic E-state index is 11.7. The topological polar surface area (TPSA) is 59.8 Å². The van der Waals surface area contributed by atoms with Crippen LogP contribution in [0.2, 0.25) is 0 Å². The highest BCUT2D eigenvalue weighted by molar-refractivity contribution is 7.99. The third-order valence-corrected chi connectivity index (χ3v) is 3.12. The number of carbonyl (C=O) groups excluding carboxylic acids is 1. The Morgan fingerprint density at radius 3 is 2.76 bits per heavy atom. The molecule has 0 aliphatic carbocycles. The lowest BCUT2D eigenvalue weighted by molar-refractivity contribution is -0.117. The van der Waals surface area contributed by atoms with Crippen molar-refractivity contribution in [3.63, 3.8) is 0 Å². The molecule has 1 aromatic rings. The lowest BCUT2D eigenvalue weighted by Crippen LogP contribution is -2.24. The fraction of sp³-hybridized carbons (Fsp3) is 0.727. The molecule has 0 atom stereocenters. The molecule has 0 fully saturated rings. The van der Waals surface area contributed by atoms with Gasteiger partial charge in [0.15, 0.2) is 0 Å². The maximum atomic E-state index is 11.7. The molecule has 0 aliphatic rings. The molecule has 1 rings (SSSR count). The largest absolute Gasteiger partial charge is 0.273 e. The van der Waals surface area contributed by atoms with E-state index in [0.717, 1.165) is 30.2 Å². The Morgan fingerprint density at radius 2 is 2.12 bits per heavy atom. The number of amides is 1. The highest BCUT2D eigenvalue weighted by Crippen LogP contribution is 2.14. The summed E-state index contributed by atoms with van der Waals surface area (Å²) in [6, 6.07) is 0. The number of nitrogens with one attached hydrogen (secondary N) is 1. The molecule has 1 aromatic heterocycles. The van der Waals surface area contributed by atoms with E-state index in [1.165, 1.54) is 0 Å². The molecule has 0 spiro atoms. The van der Waals surface area contributed by atoms with Crippen LogP contribution in [0.15, 0.2) is 5.16 Å². The van der Waals surface area contributed by atoms with E-state index in [0.29, 0.717) is 12.2 Å². The second-order valence-electron chi connectivity index (χ2n) is 3.79. The summed E-state index contributed by atoms with van der Waals surface area (Å²) in [7, 11) is 0. The van der Waals surface area contributed by atoms with E-state index in [-0.39, 0.29) is 5.91 Å². The number of nitrogens with zero attached hydrogens (tertiary/aromatic N) is 3. The molecule has 96 valence electrons. The van der Waals surface area contributed by atoms with Gasteiger partial charge in [0.05, 0.1) is 0 Å². The minimum absolute atomic E-state index is 0.0271. The molecular formula is C11H20N4OS. The Morgan fingerprint density at radius 1 is 1.35 bits per heavy atom. The summed E-state index contributed by atoms with van der Waals surface area (Å²) in [5, 5.41) is 8.72. The predicted octanol–water partition coefficient (Wildman–Crippen LogP) is 2.35. The van der Waals surface area contributed by atoms with Crippen molar-refractivity contribution in [1.82, 2.24) is 14.9 Å². The van der Waals surface area contributed by atoms with Crippen LogP contribution in [-0.2, 0) is 4.79 Å². The van der Waals surface area contributed by atoms with Gasteiger partial charge in [-0.3, -0.25) is 10.2 Å². The third kappa shape index (κ3) is 4.38. The number of aromatic nitrogens is 3. The maximum Gasteiger partial charge on any atom is 0.238 e. The van der Waals surface area contributed by atoms with Gasteiger partial charge in [0.25, 0.3) is 0 Å². The first-order chi connectivity index (χ1) is 8.19. The van der Waals surface area contributed by atoms with Crippen LogP contribution in [0.3, 0.4) is 0 Å². The second-order valence-corrected chi connectivity index (χ2v) is 5.02. The summed E-state index contributed by atoms with van der Waals surface area (Å²) in [6.45, 7) is 6.00. The molecule has 0 aromatic carbocycles. The van der Waals surface area contributed by atoms with E-state index in [1.54, 1.807) is 16.4 Å². The van der Waals surface area contributed by atoms with E-state index in [2.05, 4.69) is 22.5 Å². The van der Waals surface area contributed by atoms with Crippen molar-refractivity contribution in [3.05, 3.63) is 5.82 Å². The summed E-state index contributed by atoms with van der Waals surface area (Å²) in [4.78, 5) is 11.7. The molecule has 1 N–H and O–H groups in total. The molecule has 1 heterocycles. The van der Waals surface area contributed by atoms with Crippen molar-refractivity contribution in [2.45, 2.75) is 51.6 Å². The lowest BCUT2D eigenvalue weighted by Gasteiger charge is -2.09. The van der Waals surface area contributed by atoms with Gasteiger partial charge in [-0.2, -0.15) is 0 Å². The van der Waals surface area contributed by atoms with Gasteiger partial charge in [0, 0.05) is 6.42 Å². The molecule has 0 bridgehead atoms. The first-order valence-corrected chi connectivity index (χ1v) is 7.02. The fourth-order valence-electron chi connectivity index (χ4n) is 1.41. The molecule has 1 amide bonds. The lowest BCUT2D eigenvalue weighted by atomic mass is 10.2. The van der Waals surface area contributed by atoms with Gasteiger partial charge in [-0.15, -0.1) is 10.2 Å². The van der Waals surface area contributed by atoms with E-state index < -0.39 is 0 Å². The number of carbonyl (C=O) groups is 1. The molecule has 0 unspecified atom stereocenters. The molecular weight excluding hydrogens is 236 g/mol. The minimum atomic E-state index is 0.0271. The van der Waals surface area contributed by atoms with Crippen molar-refractivity contribution < 1.29 is 4.79 Å². The van der Waals surface area contributed by atoms with Crippen LogP contribution < -0.4 is 5.43 Å². The summed E-state index contributed by atoms with van der Waals surface area (Å²) in [6.07, 6.45) is 3.70. The van der Waals surface area contributed by atoms with E-state index in [4.69, 9.17) is 0 Å². The number of rotatable bonds is 7. The van der Waals surface area contributed by atoms with Gasteiger partial charge >= 0.3 is 0 Å². The van der Waals surface area contributed by atoms with Gasteiger partial charge in [-0.05, 0) is 19.1 Å². The normalized spacial score (nSPS) is 10.5. The number of unbranched alkanes of at least 4 members (excludes halogenated alkanes) is 2. The van der Waals surface area contributed by atoms with Gasteiger partial charge in [-0.25, -0.2) is 4.68 Å². The zero-order valence-electron chi connectivity index (χ0n) is 10.7. The number of hydrogen-bond acceptors (Lipinski definition) is 4. The predicted molar refractivity (Wildman–Crippen MR) is 69.7 cm³/mol. The van der Waals surface area contributed by atoms with E-state index in [9.17, 15) is 4.79 Å². The number of thioether (sulfide) groups is 1. The average molecular weight is 256 g/mol. The van der Waals surface area contributed by atoms with Crippen molar-refractivity contribution in [1.29, 1.82) is 0 Å². The Balaban J connectivity index is 2.54. The fourth-order valence-corrected chi connectivity index (χ4v) is 2.07. The van der Waals surface area contributed by atoms with Crippen molar-refractivity contribution in [2.75, 3.05) is 11.2 Å². The zero-order valence-corrected chi connectivity index (χ0v) is 11.5. The monoisotopic (exact) mass is 256 g/mol. The third-order valence-electron chi connectivity index (χ3n) is 2.31. The quantitative estimate of drug-likeness (QED) is 0.601. The van der Waals surface area contributed by atoms with Gasteiger partial charge in [0.2, 0.25) is 11.1 Å². The zero-order chi connectivity index (χ0) is 12.7. The summed E-state index contributed by atoms with van der Waals surface area (Å²) in [5.41, 5.74) is 2.83. The Kier molecular flexibility index (Phi) is 6.04. The van der Waals surface area contributed by atoms with Crippen molar-refractivity contribution >= 4 is 17.7 Å². The molecule has 17 heavy (non-hydrogen) atoms. The summed E-state index contributed by atoms with van der Waals surface area (Å²) in [5.74, 6) is 1.65. The number of hydrogen-bond donors (Lipinski definition) is 1. The Hall–Kier alpha value is -1.04. The van der Waals surface area contributed by atoms with Crippen LogP contribution in [0.1, 0.15) is 45.4 Å². The van der Waals surface area contributed by atoms with Crippen LogP contribution in [0.25, 0.3) is 0 Å². The minimum Gasteiger partial charge on any atom is -0.273 e. The van der Waals surface area contributed by atoms with E-state index in [1.807, 2.05) is 13.8 Å². The standard InChI is InChI=1S/C11H20N4OS/c1-4-6-7-8-10(16)14-15-9(3)12-13-11(15)17-5-2/h4-8H2,1-3H3,(H,14,16). The highest BCUT2D eigenvalue weighted by Gasteiger charge is 2.11. The first-order valence-electron chi connectivity index (χ1n) is 6.03. The van der Waals surface area contributed by atoms with Gasteiger partial charge < -0.3 is 0 Å². The Labute approximate surface area is 106 Å². The van der Waals surface area contributed by atoms with Crippen LogP contribution in [-0.4, -0.2) is 26.5 Å². The van der Waals surface area contributed by atoms with Crippen LogP contribution >= 0.6 is 11.8 Å². The highest BCUT2D eigenvalue weighted by atomic mass is 32.2. The van der Waals surface area contributed by atoms with Gasteiger partial charge in [0.1, 0.15) is 5.82 Å². The van der Waals surface area contributed by atoms with Crippen LogP contribution in [0.5, 0.6) is 0 Å². The molecule has 0 radical (unpaired) electrons. The van der Waals surface area contributed by atoms with Crippen molar-refractivity contribution in [3.8, 4) is 0 Å². The van der Waals surface area contributed by atoms with Crippen LogP contribution in [0, 0.1) is 6.92 Å². The SMILES string of the molecule is CCCCCC(=O)Nn1c(C)nnc1SCC. The van der Waals surface area contributed by atoms with Gasteiger partial charge in [-0.1, -0.05) is 38.5 Å². The first kappa shape index (κ1) is 14.0. The average Bonchev–Trinajstić information content (AvgIpc) is 2.62. The summed E-state index contributed by atoms with van der Waals surface area (Å²) < 4.78 is 1.67. The van der Waals surface area contributed by atoms with E-state index >= 15 is 0 Å². The number of aryl methyl sites for hydroxylation is 1. The summed E-state index contributed by atoms with van der Waals surface area (Å²) >= 11 is 1.57.